The molecule has 0 aromatic rings. The van der Waals surface area contributed by atoms with Gasteiger partial charge >= 0.3 is 0 Å². The summed E-state index contributed by atoms with van der Waals surface area (Å²) in [6, 6.07) is 0. The summed E-state index contributed by atoms with van der Waals surface area (Å²) in [5.41, 5.74) is 1.75. The van der Waals surface area contributed by atoms with Gasteiger partial charge in [-0.1, -0.05) is 0 Å². The Balaban J connectivity index is 0. The molecule has 0 fully saturated rings. The number of halogens is 1. The highest BCUT2D eigenvalue weighted by Gasteiger charge is 1.24. The Labute approximate surface area is 35.6 Å². The van der Waals surface area contributed by atoms with Crippen LogP contribution in [0.4, 0.5) is 0 Å². The van der Waals surface area contributed by atoms with Gasteiger partial charge in [-0.3, -0.25) is 0 Å². The Bertz CT molecular complexity index is 8.00. The first kappa shape index (κ1) is 8.83. The molecule has 2 nitrogen and oxygen atoms in total. The molecule has 4 heavy (non-hydrogen) atoms. The molecule has 0 aromatic heterocycles. The van der Waals surface area contributed by atoms with Crippen molar-refractivity contribution in [1.82, 2.24) is 5.48 Å². The van der Waals surface area contributed by atoms with Crippen molar-refractivity contribution in [3.05, 3.63) is 0 Å². The van der Waals surface area contributed by atoms with Crippen LogP contribution >= 0.6 is 17.0 Å². The lowest BCUT2D eigenvalue weighted by molar-refractivity contribution is 0.194. The average Bonchev–Trinajstić information content (AvgIpc) is 0.918. The van der Waals surface area contributed by atoms with Crippen LogP contribution in [0.15, 0.2) is 0 Å². The summed E-state index contributed by atoms with van der Waals surface area (Å²) in [6.07, 6.45) is 0. The van der Waals surface area contributed by atoms with Crippen molar-refractivity contribution in [2.24, 2.45) is 0 Å². The summed E-state index contributed by atoms with van der Waals surface area (Å²) in [4.78, 5) is 0. The normalized spacial score (nSPS) is 4.50. The van der Waals surface area contributed by atoms with Crippen LogP contribution in [0.1, 0.15) is 0 Å². The molecule has 0 aliphatic carbocycles. The second-order valence-corrected chi connectivity index (χ2v) is 0.224. The van der Waals surface area contributed by atoms with Crippen molar-refractivity contribution >= 4 is 17.0 Å². The van der Waals surface area contributed by atoms with E-state index in [-0.39, 0.29) is 17.0 Å². The van der Waals surface area contributed by atoms with Gasteiger partial charge < -0.3 is 5.21 Å². The second kappa shape index (κ2) is 9.99. The highest BCUT2D eigenvalue weighted by atomic mass is 79.9. The molecule has 0 heterocycles. The van der Waals surface area contributed by atoms with Crippen LogP contribution in [0, 0.1) is 0 Å². The molecular formula is CH6BrNO. The molecule has 0 aliphatic rings. The zero-order chi connectivity index (χ0) is 2.71. The molecule has 0 unspecified atom stereocenters. The van der Waals surface area contributed by atoms with Gasteiger partial charge in [-0.25, -0.2) is 5.48 Å². The minimum atomic E-state index is 0. The van der Waals surface area contributed by atoms with Crippen molar-refractivity contribution in [1.29, 1.82) is 0 Å². The van der Waals surface area contributed by atoms with Crippen LogP contribution in [0.3, 0.4) is 0 Å². The van der Waals surface area contributed by atoms with Gasteiger partial charge in [-0.2, -0.15) is 0 Å². The van der Waals surface area contributed by atoms with Gasteiger partial charge in [0.15, 0.2) is 0 Å². The first-order valence-corrected chi connectivity index (χ1v) is 0.724. The lowest BCUT2D eigenvalue weighted by Crippen LogP contribution is -1.91. The topological polar surface area (TPSA) is 32.3 Å². The van der Waals surface area contributed by atoms with Crippen molar-refractivity contribution in [3.8, 4) is 0 Å². The van der Waals surface area contributed by atoms with E-state index in [1.165, 1.54) is 7.05 Å². The predicted molar refractivity (Wildman–Crippen MR) is 21.2 cm³/mol. The van der Waals surface area contributed by atoms with E-state index in [2.05, 4.69) is 0 Å². The van der Waals surface area contributed by atoms with Crippen LogP contribution in [-0.2, 0) is 0 Å². The van der Waals surface area contributed by atoms with E-state index >= 15 is 0 Å². The summed E-state index contributed by atoms with van der Waals surface area (Å²) in [6.45, 7) is 0. The summed E-state index contributed by atoms with van der Waals surface area (Å²) >= 11 is 0. The van der Waals surface area contributed by atoms with E-state index in [4.69, 9.17) is 5.21 Å². The third kappa shape index (κ3) is 29.4. The maximum atomic E-state index is 7.32. The fourth-order valence-corrected chi connectivity index (χ4v) is 0. The molecular weight excluding hydrogens is 122 g/mol. The van der Waals surface area contributed by atoms with Crippen molar-refractivity contribution in [2.75, 3.05) is 7.05 Å². The lowest BCUT2D eigenvalue weighted by Gasteiger charge is -1.60. The van der Waals surface area contributed by atoms with Crippen LogP contribution in [-0.4, -0.2) is 12.3 Å². The SMILES string of the molecule is Br.CNO. The molecule has 0 rings (SSSR count). The number of hydrogen-bond donors (Lipinski definition) is 2. The van der Waals surface area contributed by atoms with Crippen LogP contribution in [0.5, 0.6) is 0 Å². The number of hydroxylamine groups is 1. The predicted octanol–water partition coefficient (Wildman–Crippen LogP) is 0.173. The summed E-state index contributed by atoms with van der Waals surface area (Å²) in [7, 11) is 1.43. The standard InChI is InChI=1S/CH5NO.BrH/c1-2-3;/h2-3H,1H3;1H. The molecule has 0 aromatic carbocycles. The quantitative estimate of drug-likeness (QED) is 0.456. The average molecular weight is 128 g/mol. The Morgan fingerprint density at radius 2 is 1.75 bits per heavy atom. The molecule has 3 heteroatoms. The summed E-state index contributed by atoms with van der Waals surface area (Å²) in [5.74, 6) is 0. The van der Waals surface area contributed by atoms with E-state index in [9.17, 15) is 0 Å². The first-order valence-electron chi connectivity index (χ1n) is 0.724. The Morgan fingerprint density at radius 1 is 1.75 bits per heavy atom. The lowest BCUT2D eigenvalue weighted by atomic mass is 11.6. The van der Waals surface area contributed by atoms with Gasteiger partial charge in [0.1, 0.15) is 0 Å². The zero-order valence-electron chi connectivity index (χ0n) is 2.36. The van der Waals surface area contributed by atoms with E-state index < -0.39 is 0 Å². The van der Waals surface area contributed by atoms with E-state index in [0.717, 1.165) is 0 Å². The fourth-order valence-electron chi connectivity index (χ4n) is 0. The van der Waals surface area contributed by atoms with Crippen LogP contribution < -0.4 is 5.48 Å². The molecule has 0 aliphatic heterocycles. The van der Waals surface area contributed by atoms with Gasteiger partial charge in [-0.15, -0.1) is 17.0 Å². The molecule has 0 atom stereocenters. The van der Waals surface area contributed by atoms with Gasteiger partial charge in [-0.05, 0) is 0 Å². The monoisotopic (exact) mass is 127 g/mol. The number of hydrogen-bond acceptors (Lipinski definition) is 2. The molecule has 28 valence electrons. The third-order valence-electron chi connectivity index (χ3n) is 0. The summed E-state index contributed by atoms with van der Waals surface area (Å²) < 4.78 is 0. The zero-order valence-corrected chi connectivity index (χ0v) is 4.07. The number of nitrogens with one attached hydrogen (secondary N) is 1. The van der Waals surface area contributed by atoms with Crippen molar-refractivity contribution in [2.45, 2.75) is 0 Å². The molecule has 0 saturated carbocycles. The summed E-state index contributed by atoms with van der Waals surface area (Å²) in [5, 5.41) is 7.32. The largest absolute Gasteiger partial charge is 0.317 e. The third-order valence-corrected chi connectivity index (χ3v) is 0. The minimum absolute atomic E-state index is 0. The Morgan fingerprint density at radius 3 is 1.75 bits per heavy atom. The maximum absolute atomic E-state index is 7.32. The van der Waals surface area contributed by atoms with Crippen molar-refractivity contribution in [3.63, 3.8) is 0 Å². The second-order valence-electron chi connectivity index (χ2n) is 0.224. The number of rotatable bonds is 0. The Kier molecular flexibility index (Phi) is 22.1. The molecule has 0 saturated heterocycles. The molecule has 0 radical (unpaired) electrons. The molecule has 0 bridgehead atoms. The van der Waals surface area contributed by atoms with Gasteiger partial charge in [0.05, 0.1) is 0 Å². The van der Waals surface area contributed by atoms with E-state index in [1.54, 1.807) is 5.48 Å². The van der Waals surface area contributed by atoms with Gasteiger partial charge in [0.25, 0.3) is 0 Å². The fraction of sp³-hybridized carbons (Fsp3) is 1.00. The molecule has 0 amide bonds. The van der Waals surface area contributed by atoms with Gasteiger partial charge in [0, 0.05) is 7.05 Å². The molecule has 2 N–H and O–H groups in total. The first-order chi connectivity index (χ1) is 1.41. The van der Waals surface area contributed by atoms with E-state index in [1.807, 2.05) is 0 Å². The minimum Gasteiger partial charge on any atom is -0.317 e. The smallest absolute Gasteiger partial charge is 0.00929 e. The highest BCUT2D eigenvalue weighted by molar-refractivity contribution is 8.93. The van der Waals surface area contributed by atoms with Crippen LogP contribution in [0.25, 0.3) is 0 Å². The highest BCUT2D eigenvalue weighted by Crippen LogP contribution is 0.957. The van der Waals surface area contributed by atoms with E-state index in [0.29, 0.717) is 0 Å². The Hall–Kier alpha value is 0.400. The van der Waals surface area contributed by atoms with Crippen LogP contribution in [0.2, 0.25) is 0 Å². The van der Waals surface area contributed by atoms with Crippen molar-refractivity contribution < 1.29 is 5.21 Å². The molecule has 0 spiro atoms. The van der Waals surface area contributed by atoms with Gasteiger partial charge in [0.2, 0.25) is 0 Å². The maximum Gasteiger partial charge on any atom is 0.00929 e.